The van der Waals surface area contributed by atoms with Gasteiger partial charge in [0, 0.05) is 0 Å². The van der Waals surface area contributed by atoms with E-state index in [2.05, 4.69) is 22.5 Å². The Kier molecular flexibility index (Phi) is 2.53. The first-order chi connectivity index (χ1) is 3.42. The Balaban J connectivity index is 3.55. The van der Waals surface area contributed by atoms with Gasteiger partial charge in [-0.1, -0.05) is 22.5 Å². The van der Waals surface area contributed by atoms with Crippen LogP contribution in [0, 0.1) is 0 Å². The SMILES string of the molecule is C=C(Br)CC(F)(F)F. The fourth-order valence-electron chi connectivity index (χ4n) is 0.217. The molecule has 0 rings (SSSR count). The second-order valence-electron chi connectivity index (χ2n) is 1.31. The zero-order valence-corrected chi connectivity index (χ0v) is 5.51. The first-order valence-corrected chi connectivity index (χ1v) is 2.61. The Labute approximate surface area is 53.5 Å². The number of alkyl halides is 3. The van der Waals surface area contributed by atoms with Crippen molar-refractivity contribution in [2.24, 2.45) is 0 Å². The van der Waals surface area contributed by atoms with E-state index in [1.807, 2.05) is 0 Å². The monoisotopic (exact) mass is 188 g/mol. The highest BCUT2D eigenvalue weighted by molar-refractivity contribution is 9.11. The summed E-state index contributed by atoms with van der Waals surface area (Å²) in [5, 5.41) is 0. The van der Waals surface area contributed by atoms with Crippen molar-refractivity contribution in [1.82, 2.24) is 0 Å². The third kappa shape index (κ3) is 6.01. The first kappa shape index (κ1) is 8.01. The van der Waals surface area contributed by atoms with Crippen LogP contribution < -0.4 is 0 Å². The molecule has 48 valence electrons. The number of allylic oxidation sites excluding steroid dienone is 1. The molecule has 0 aliphatic heterocycles. The highest BCUT2D eigenvalue weighted by atomic mass is 79.9. The normalized spacial score (nSPS) is 11.5. The molecule has 0 aromatic carbocycles. The summed E-state index contributed by atoms with van der Waals surface area (Å²) in [5.41, 5.74) is 0. The number of rotatable bonds is 1. The summed E-state index contributed by atoms with van der Waals surface area (Å²) in [6.07, 6.45) is -5.08. The Bertz CT molecular complexity index is 93.9. The van der Waals surface area contributed by atoms with E-state index >= 15 is 0 Å². The third-order valence-electron chi connectivity index (χ3n) is 0.392. The molecule has 0 aromatic heterocycles. The van der Waals surface area contributed by atoms with Crippen LogP contribution in [0.1, 0.15) is 6.42 Å². The minimum absolute atomic E-state index is 0.0370. The quantitative estimate of drug-likeness (QED) is 0.594. The fourth-order valence-corrected chi connectivity index (χ4v) is 0.535. The molecule has 0 spiro atoms. The van der Waals surface area contributed by atoms with E-state index < -0.39 is 12.6 Å². The van der Waals surface area contributed by atoms with Gasteiger partial charge in [-0.05, 0) is 4.48 Å². The topological polar surface area (TPSA) is 0 Å². The van der Waals surface area contributed by atoms with Gasteiger partial charge in [-0.15, -0.1) is 0 Å². The van der Waals surface area contributed by atoms with E-state index in [-0.39, 0.29) is 4.48 Å². The minimum atomic E-state index is -4.12. The molecule has 0 amide bonds. The molecule has 0 aliphatic rings. The lowest BCUT2D eigenvalue weighted by Gasteiger charge is -2.01. The molecule has 0 saturated carbocycles. The molecule has 0 heterocycles. The van der Waals surface area contributed by atoms with Crippen molar-refractivity contribution < 1.29 is 13.2 Å². The molecular weight excluding hydrogens is 185 g/mol. The smallest absolute Gasteiger partial charge is 0.171 e. The van der Waals surface area contributed by atoms with Crippen LogP contribution in [0.5, 0.6) is 0 Å². The maximum absolute atomic E-state index is 11.2. The molecule has 0 bridgehead atoms. The molecule has 0 unspecified atom stereocenters. The lowest BCUT2D eigenvalue weighted by Crippen LogP contribution is -2.05. The predicted molar refractivity (Wildman–Crippen MR) is 28.7 cm³/mol. The minimum Gasteiger partial charge on any atom is -0.171 e. The van der Waals surface area contributed by atoms with Crippen LogP contribution in [0.4, 0.5) is 13.2 Å². The maximum atomic E-state index is 11.2. The van der Waals surface area contributed by atoms with Crippen molar-refractivity contribution >= 4 is 15.9 Å². The molecule has 0 radical (unpaired) electrons. The number of hydrogen-bond acceptors (Lipinski definition) is 0. The Hall–Kier alpha value is 0.01000. The molecule has 8 heavy (non-hydrogen) atoms. The predicted octanol–water partition coefficient (Wildman–Crippen LogP) is 2.85. The van der Waals surface area contributed by atoms with Gasteiger partial charge in [0.1, 0.15) is 0 Å². The molecule has 0 aromatic rings. The van der Waals surface area contributed by atoms with Gasteiger partial charge in [-0.3, -0.25) is 0 Å². The summed E-state index contributed by atoms with van der Waals surface area (Å²) < 4.78 is 33.6. The van der Waals surface area contributed by atoms with Crippen LogP contribution in [0.15, 0.2) is 11.1 Å². The molecular formula is C4H4BrF3. The van der Waals surface area contributed by atoms with Crippen molar-refractivity contribution in [3.63, 3.8) is 0 Å². The second-order valence-corrected chi connectivity index (χ2v) is 2.43. The van der Waals surface area contributed by atoms with Gasteiger partial charge in [0.15, 0.2) is 0 Å². The fraction of sp³-hybridized carbons (Fsp3) is 0.500. The summed E-state index contributed by atoms with van der Waals surface area (Å²) in [4.78, 5) is 0. The van der Waals surface area contributed by atoms with Crippen molar-refractivity contribution in [3.8, 4) is 0 Å². The van der Waals surface area contributed by atoms with Gasteiger partial charge >= 0.3 is 6.18 Å². The van der Waals surface area contributed by atoms with E-state index in [1.165, 1.54) is 0 Å². The zero-order chi connectivity index (χ0) is 6.78. The Morgan fingerprint density at radius 1 is 1.50 bits per heavy atom. The third-order valence-corrected chi connectivity index (χ3v) is 0.673. The van der Waals surface area contributed by atoms with Gasteiger partial charge in [0.05, 0.1) is 6.42 Å². The van der Waals surface area contributed by atoms with E-state index in [0.29, 0.717) is 0 Å². The molecule has 4 heteroatoms. The summed E-state index contributed by atoms with van der Waals surface area (Å²) >= 11 is 2.60. The van der Waals surface area contributed by atoms with Crippen molar-refractivity contribution in [3.05, 3.63) is 11.1 Å². The van der Waals surface area contributed by atoms with Gasteiger partial charge in [-0.25, -0.2) is 0 Å². The lowest BCUT2D eigenvalue weighted by molar-refractivity contribution is -0.125. The van der Waals surface area contributed by atoms with Gasteiger partial charge in [-0.2, -0.15) is 13.2 Å². The molecule has 0 fully saturated rings. The second kappa shape index (κ2) is 2.53. The number of hydrogen-bond donors (Lipinski definition) is 0. The molecule has 0 atom stereocenters. The summed E-state index contributed by atoms with van der Waals surface area (Å²) in [5.74, 6) is 0. The molecule has 0 saturated heterocycles. The van der Waals surface area contributed by atoms with Crippen LogP contribution in [0.25, 0.3) is 0 Å². The van der Waals surface area contributed by atoms with E-state index in [4.69, 9.17) is 0 Å². The van der Waals surface area contributed by atoms with Crippen LogP contribution in [0.2, 0.25) is 0 Å². The van der Waals surface area contributed by atoms with Crippen LogP contribution in [0.3, 0.4) is 0 Å². The van der Waals surface area contributed by atoms with Gasteiger partial charge in [0.2, 0.25) is 0 Å². The molecule has 0 nitrogen and oxygen atoms in total. The highest BCUT2D eigenvalue weighted by Crippen LogP contribution is 2.25. The van der Waals surface area contributed by atoms with Crippen LogP contribution >= 0.6 is 15.9 Å². The Morgan fingerprint density at radius 2 is 1.88 bits per heavy atom. The summed E-state index contributed by atoms with van der Waals surface area (Å²) in [7, 11) is 0. The van der Waals surface area contributed by atoms with Crippen LogP contribution in [-0.2, 0) is 0 Å². The average Bonchev–Trinajstić information content (AvgIpc) is 1.21. The highest BCUT2D eigenvalue weighted by Gasteiger charge is 2.27. The first-order valence-electron chi connectivity index (χ1n) is 1.82. The zero-order valence-electron chi connectivity index (χ0n) is 3.93. The van der Waals surface area contributed by atoms with Crippen molar-refractivity contribution in [1.29, 1.82) is 0 Å². The summed E-state index contributed by atoms with van der Waals surface area (Å²) in [6.45, 7) is 3.04. The summed E-state index contributed by atoms with van der Waals surface area (Å²) in [6, 6.07) is 0. The molecule has 0 aliphatic carbocycles. The van der Waals surface area contributed by atoms with E-state index in [9.17, 15) is 13.2 Å². The number of halogens is 4. The van der Waals surface area contributed by atoms with Crippen LogP contribution in [-0.4, -0.2) is 6.18 Å². The largest absolute Gasteiger partial charge is 0.393 e. The Morgan fingerprint density at radius 3 is 1.88 bits per heavy atom. The average molecular weight is 189 g/mol. The molecule has 0 N–H and O–H groups in total. The van der Waals surface area contributed by atoms with Gasteiger partial charge < -0.3 is 0 Å². The maximum Gasteiger partial charge on any atom is 0.393 e. The van der Waals surface area contributed by atoms with E-state index in [1.54, 1.807) is 0 Å². The van der Waals surface area contributed by atoms with E-state index in [0.717, 1.165) is 0 Å². The van der Waals surface area contributed by atoms with Crippen molar-refractivity contribution in [2.45, 2.75) is 12.6 Å². The lowest BCUT2D eigenvalue weighted by atomic mass is 10.4. The van der Waals surface area contributed by atoms with Crippen molar-refractivity contribution in [2.75, 3.05) is 0 Å². The van der Waals surface area contributed by atoms with Gasteiger partial charge in [0.25, 0.3) is 0 Å². The standard InChI is InChI=1S/C4H4BrF3/c1-3(5)2-4(6,7)8/h1-2H2.